The highest BCUT2D eigenvalue weighted by Gasteiger charge is 2.20. The predicted molar refractivity (Wildman–Crippen MR) is 95.2 cm³/mol. The van der Waals surface area contributed by atoms with Gasteiger partial charge in [0.05, 0.1) is 0 Å². The number of anilines is 1. The number of carbonyl (C=O) groups excluding carboxylic acids is 1. The normalized spacial score (nSPS) is 11.9. The standard InChI is InChI=1S/C20H25NO2/c1-6-17(23-18-12-13(2)10-11-14(18)3)20(22)21-19-15(4)8-7-9-16(19)5/h7-12,17H,6H2,1-5H3,(H,21,22). The average Bonchev–Trinajstić information content (AvgIpc) is 2.51. The Morgan fingerprint density at radius 3 is 2.30 bits per heavy atom. The SMILES string of the molecule is CCC(Oc1cc(C)ccc1C)C(=O)Nc1c(C)cccc1C. The molecule has 2 aromatic rings. The van der Waals surface area contributed by atoms with E-state index in [4.69, 9.17) is 4.74 Å². The summed E-state index contributed by atoms with van der Waals surface area (Å²) < 4.78 is 5.98. The van der Waals surface area contributed by atoms with E-state index in [1.807, 2.05) is 71.0 Å². The smallest absolute Gasteiger partial charge is 0.265 e. The molecule has 0 aliphatic heterocycles. The number of amides is 1. The van der Waals surface area contributed by atoms with Gasteiger partial charge < -0.3 is 10.1 Å². The number of hydrogen-bond acceptors (Lipinski definition) is 2. The van der Waals surface area contributed by atoms with Crippen LogP contribution in [0.2, 0.25) is 0 Å². The van der Waals surface area contributed by atoms with Crippen LogP contribution in [0.25, 0.3) is 0 Å². The van der Waals surface area contributed by atoms with E-state index in [0.29, 0.717) is 6.42 Å². The summed E-state index contributed by atoms with van der Waals surface area (Å²) in [6, 6.07) is 12.0. The van der Waals surface area contributed by atoms with Gasteiger partial charge in [0.2, 0.25) is 0 Å². The van der Waals surface area contributed by atoms with Crippen molar-refractivity contribution in [3.63, 3.8) is 0 Å². The Kier molecular flexibility index (Phi) is 5.43. The molecule has 1 unspecified atom stereocenters. The Hall–Kier alpha value is -2.29. The summed E-state index contributed by atoms with van der Waals surface area (Å²) in [6.45, 7) is 9.96. The van der Waals surface area contributed by atoms with Crippen molar-refractivity contribution in [1.29, 1.82) is 0 Å². The van der Waals surface area contributed by atoms with Crippen LogP contribution in [0.4, 0.5) is 5.69 Å². The molecule has 2 aromatic carbocycles. The number of rotatable bonds is 5. The third-order valence-electron chi connectivity index (χ3n) is 4.01. The number of ether oxygens (including phenoxy) is 1. The van der Waals surface area contributed by atoms with Crippen molar-refractivity contribution < 1.29 is 9.53 Å². The summed E-state index contributed by atoms with van der Waals surface area (Å²) in [7, 11) is 0. The molecule has 0 heterocycles. The topological polar surface area (TPSA) is 38.3 Å². The van der Waals surface area contributed by atoms with Crippen LogP contribution in [0.3, 0.4) is 0 Å². The zero-order chi connectivity index (χ0) is 17.0. The average molecular weight is 311 g/mol. The fourth-order valence-corrected chi connectivity index (χ4v) is 2.53. The first-order valence-corrected chi connectivity index (χ1v) is 8.03. The Bertz CT molecular complexity index is 687. The van der Waals surface area contributed by atoms with Gasteiger partial charge in [0, 0.05) is 5.69 Å². The number of aryl methyl sites for hydroxylation is 4. The van der Waals surface area contributed by atoms with E-state index in [0.717, 1.165) is 33.7 Å². The van der Waals surface area contributed by atoms with Crippen LogP contribution in [0.15, 0.2) is 36.4 Å². The van der Waals surface area contributed by atoms with Gasteiger partial charge in [-0.1, -0.05) is 37.3 Å². The van der Waals surface area contributed by atoms with Gasteiger partial charge in [0.1, 0.15) is 5.75 Å². The molecule has 0 fully saturated rings. The van der Waals surface area contributed by atoms with Gasteiger partial charge in [0.25, 0.3) is 5.91 Å². The van der Waals surface area contributed by atoms with E-state index in [2.05, 4.69) is 5.32 Å². The van der Waals surface area contributed by atoms with Crippen molar-refractivity contribution in [3.8, 4) is 5.75 Å². The highest BCUT2D eigenvalue weighted by Crippen LogP contribution is 2.23. The minimum atomic E-state index is -0.505. The maximum atomic E-state index is 12.6. The summed E-state index contributed by atoms with van der Waals surface area (Å²) in [5.74, 6) is 0.666. The van der Waals surface area contributed by atoms with Crippen molar-refractivity contribution in [2.75, 3.05) is 5.32 Å². The molecule has 122 valence electrons. The van der Waals surface area contributed by atoms with E-state index in [1.165, 1.54) is 0 Å². The number of para-hydroxylation sites is 1. The predicted octanol–water partition coefficient (Wildman–Crippen LogP) is 4.72. The molecule has 0 aromatic heterocycles. The van der Waals surface area contributed by atoms with E-state index in [9.17, 15) is 4.79 Å². The van der Waals surface area contributed by atoms with E-state index < -0.39 is 6.10 Å². The summed E-state index contributed by atoms with van der Waals surface area (Å²) in [4.78, 5) is 12.6. The lowest BCUT2D eigenvalue weighted by atomic mass is 10.1. The van der Waals surface area contributed by atoms with Gasteiger partial charge >= 0.3 is 0 Å². The number of benzene rings is 2. The Morgan fingerprint density at radius 2 is 1.70 bits per heavy atom. The van der Waals surface area contributed by atoms with Crippen molar-refractivity contribution in [1.82, 2.24) is 0 Å². The molecule has 0 aliphatic rings. The van der Waals surface area contributed by atoms with Crippen LogP contribution >= 0.6 is 0 Å². The van der Waals surface area contributed by atoms with Crippen LogP contribution in [0, 0.1) is 27.7 Å². The van der Waals surface area contributed by atoms with Gasteiger partial charge in [0.15, 0.2) is 6.10 Å². The van der Waals surface area contributed by atoms with Gasteiger partial charge in [-0.3, -0.25) is 4.79 Å². The molecular formula is C20H25NO2. The highest BCUT2D eigenvalue weighted by molar-refractivity contribution is 5.95. The Balaban J connectivity index is 2.17. The van der Waals surface area contributed by atoms with E-state index in [-0.39, 0.29) is 5.91 Å². The minimum Gasteiger partial charge on any atom is -0.480 e. The largest absolute Gasteiger partial charge is 0.480 e. The highest BCUT2D eigenvalue weighted by atomic mass is 16.5. The summed E-state index contributed by atoms with van der Waals surface area (Å²) >= 11 is 0. The molecule has 23 heavy (non-hydrogen) atoms. The lowest BCUT2D eigenvalue weighted by Gasteiger charge is -2.20. The molecule has 0 radical (unpaired) electrons. The molecule has 3 nitrogen and oxygen atoms in total. The molecule has 0 bridgehead atoms. The first-order chi connectivity index (χ1) is 10.9. The van der Waals surface area contributed by atoms with Crippen molar-refractivity contribution in [3.05, 3.63) is 58.7 Å². The third-order valence-corrected chi connectivity index (χ3v) is 4.01. The molecule has 0 saturated carbocycles. The zero-order valence-corrected chi connectivity index (χ0v) is 14.6. The third kappa shape index (κ3) is 4.13. The van der Waals surface area contributed by atoms with Crippen molar-refractivity contribution >= 4 is 11.6 Å². The second-order valence-electron chi connectivity index (χ2n) is 6.04. The molecule has 3 heteroatoms. The molecule has 1 atom stereocenters. The molecular weight excluding hydrogens is 286 g/mol. The molecule has 2 rings (SSSR count). The van der Waals surface area contributed by atoms with Crippen LogP contribution in [0.1, 0.15) is 35.6 Å². The number of nitrogens with one attached hydrogen (secondary N) is 1. The summed E-state index contributed by atoms with van der Waals surface area (Å²) in [6.07, 6.45) is 0.110. The number of hydrogen-bond donors (Lipinski definition) is 1. The number of carbonyl (C=O) groups is 1. The fraction of sp³-hybridized carbons (Fsp3) is 0.350. The van der Waals surface area contributed by atoms with E-state index in [1.54, 1.807) is 0 Å². The van der Waals surface area contributed by atoms with Crippen LogP contribution < -0.4 is 10.1 Å². The van der Waals surface area contributed by atoms with Gasteiger partial charge in [-0.25, -0.2) is 0 Å². The van der Waals surface area contributed by atoms with Gasteiger partial charge in [-0.2, -0.15) is 0 Å². The van der Waals surface area contributed by atoms with Crippen molar-refractivity contribution in [2.45, 2.75) is 47.1 Å². The first-order valence-electron chi connectivity index (χ1n) is 8.03. The maximum absolute atomic E-state index is 12.6. The minimum absolute atomic E-state index is 0.106. The lowest BCUT2D eigenvalue weighted by Crippen LogP contribution is -2.33. The van der Waals surface area contributed by atoms with Crippen LogP contribution in [-0.2, 0) is 4.79 Å². The van der Waals surface area contributed by atoms with Gasteiger partial charge in [-0.05, 0) is 62.4 Å². The first kappa shape index (κ1) is 17.1. The van der Waals surface area contributed by atoms with Crippen molar-refractivity contribution in [2.24, 2.45) is 0 Å². The molecule has 1 amide bonds. The summed E-state index contributed by atoms with van der Waals surface area (Å²) in [5.41, 5.74) is 5.14. The molecule has 1 N–H and O–H groups in total. The Labute approximate surface area is 138 Å². The molecule has 0 aliphatic carbocycles. The molecule has 0 spiro atoms. The second-order valence-corrected chi connectivity index (χ2v) is 6.04. The fourth-order valence-electron chi connectivity index (χ4n) is 2.53. The Morgan fingerprint density at radius 1 is 1.04 bits per heavy atom. The van der Waals surface area contributed by atoms with Crippen LogP contribution in [-0.4, -0.2) is 12.0 Å². The quantitative estimate of drug-likeness (QED) is 0.868. The monoisotopic (exact) mass is 311 g/mol. The lowest BCUT2D eigenvalue weighted by molar-refractivity contribution is -0.122. The van der Waals surface area contributed by atoms with Crippen LogP contribution in [0.5, 0.6) is 5.75 Å². The maximum Gasteiger partial charge on any atom is 0.265 e. The zero-order valence-electron chi connectivity index (χ0n) is 14.6. The summed E-state index contributed by atoms with van der Waals surface area (Å²) in [5, 5.41) is 3.02. The van der Waals surface area contributed by atoms with E-state index >= 15 is 0 Å². The second kappa shape index (κ2) is 7.32. The van der Waals surface area contributed by atoms with Gasteiger partial charge in [-0.15, -0.1) is 0 Å². The molecule has 0 saturated heterocycles.